The summed E-state index contributed by atoms with van der Waals surface area (Å²) in [6.07, 6.45) is 79.3. The number of hydrogen-bond acceptors (Lipinski definition) is 6. The van der Waals surface area contributed by atoms with Crippen molar-refractivity contribution in [3.63, 3.8) is 0 Å². The summed E-state index contributed by atoms with van der Waals surface area (Å²) in [7, 11) is 0. The minimum atomic E-state index is -0.801. The largest absolute Gasteiger partial charge is 0.462 e. The molecule has 0 saturated carbocycles. The lowest BCUT2D eigenvalue weighted by Gasteiger charge is -2.18. The van der Waals surface area contributed by atoms with E-state index in [0.29, 0.717) is 19.3 Å². The Kier molecular flexibility index (Phi) is 55.4. The lowest BCUT2D eigenvalue weighted by molar-refractivity contribution is -0.167. The van der Waals surface area contributed by atoms with E-state index in [4.69, 9.17) is 14.2 Å². The number of allylic oxidation sites excluding steroid dienone is 18. The second-order valence-electron chi connectivity index (χ2n) is 19.2. The molecule has 1 unspecified atom stereocenters. The number of rotatable bonds is 52. The molecule has 0 spiro atoms. The molecule has 0 amide bonds. The molecular formula is C65H108O6. The molecule has 71 heavy (non-hydrogen) atoms. The Bertz CT molecular complexity index is 1460. The van der Waals surface area contributed by atoms with Crippen LogP contribution in [0.25, 0.3) is 0 Å². The van der Waals surface area contributed by atoms with Crippen LogP contribution in [-0.2, 0) is 28.6 Å². The van der Waals surface area contributed by atoms with E-state index in [2.05, 4.69) is 130 Å². The molecule has 0 fully saturated rings. The minimum absolute atomic E-state index is 0.0973. The number of unbranched alkanes of at least 4 members (excludes halogenated alkanes) is 23. The van der Waals surface area contributed by atoms with Gasteiger partial charge in [-0.15, -0.1) is 0 Å². The van der Waals surface area contributed by atoms with E-state index in [9.17, 15) is 14.4 Å². The zero-order chi connectivity index (χ0) is 51.4. The van der Waals surface area contributed by atoms with Crippen LogP contribution in [-0.4, -0.2) is 37.2 Å². The molecule has 0 saturated heterocycles. The maximum Gasteiger partial charge on any atom is 0.306 e. The first-order valence-electron chi connectivity index (χ1n) is 29.4. The van der Waals surface area contributed by atoms with Gasteiger partial charge in [0.15, 0.2) is 6.10 Å². The smallest absolute Gasteiger partial charge is 0.306 e. The Morgan fingerprint density at radius 1 is 0.296 bits per heavy atom. The van der Waals surface area contributed by atoms with E-state index >= 15 is 0 Å². The molecule has 0 bridgehead atoms. The lowest BCUT2D eigenvalue weighted by Crippen LogP contribution is -2.30. The Balaban J connectivity index is 4.43. The van der Waals surface area contributed by atoms with Gasteiger partial charge in [-0.1, -0.05) is 226 Å². The molecule has 1 atom stereocenters. The summed E-state index contributed by atoms with van der Waals surface area (Å²) >= 11 is 0. The van der Waals surface area contributed by atoms with Gasteiger partial charge in [-0.2, -0.15) is 0 Å². The summed E-state index contributed by atoms with van der Waals surface area (Å²) in [5.74, 6) is -0.947. The van der Waals surface area contributed by atoms with Gasteiger partial charge in [0.1, 0.15) is 13.2 Å². The third-order valence-corrected chi connectivity index (χ3v) is 12.2. The van der Waals surface area contributed by atoms with Crippen LogP contribution in [0.2, 0.25) is 0 Å². The number of ether oxygens (including phenoxy) is 3. The number of esters is 3. The lowest BCUT2D eigenvalue weighted by atomic mass is 10.1. The molecule has 0 rings (SSSR count). The zero-order valence-corrected chi connectivity index (χ0v) is 46.2. The Hall–Kier alpha value is -3.93. The highest BCUT2D eigenvalue weighted by atomic mass is 16.6. The van der Waals surface area contributed by atoms with E-state index in [0.717, 1.165) is 128 Å². The first-order chi connectivity index (χ1) is 35.0. The van der Waals surface area contributed by atoms with Gasteiger partial charge in [0, 0.05) is 19.3 Å². The molecule has 0 radical (unpaired) electrons. The summed E-state index contributed by atoms with van der Waals surface area (Å²) in [6, 6.07) is 0. The van der Waals surface area contributed by atoms with Crippen molar-refractivity contribution >= 4 is 17.9 Å². The maximum absolute atomic E-state index is 12.8. The van der Waals surface area contributed by atoms with E-state index in [1.54, 1.807) is 0 Å². The molecule has 404 valence electrons. The fraction of sp³-hybridized carbons (Fsp3) is 0.677. The van der Waals surface area contributed by atoms with Crippen molar-refractivity contribution in [3.8, 4) is 0 Å². The van der Waals surface area contributed by atoms with Crippen molar-refractivity contribution in [3.05, 3.63) is 109 Å². The van der Waals surface area contributed by atoms with Crippen LogP contribution in [0.15, 0.2) is 109 Å². The molecule has 0 heterocycles. The molecule has 0 aromatic rings. The maximum atomic E-state index is 12.8. The molecule has 0 aliphatic carbocycles. The fourth-order valence-electron chi connectivity index (χ4n) is 7.82. The van der Waals surface area contributed by atoms with Crippen molar-refractivity contribution in [2.75, 3.05) is 13.2 Å². The summed E-state index contributed by atoms with van der Waals surface area (Å²) in [6.45, 7) is 6.47. The first-order valence-corrected chi connectivity index (χ1v) is 29.4. The Labute approximate surface area is 438 Å². The third kappa shape index (κ3) is 56.9. The topological polar surface area (TPSA) is 78.9 Å². The van der Waals surface area contributed by atoms with Gasteiger partial charge < -0.3 is 14.2 Å². The normalized spacial score (nSPS) is 12.9. The van der Waals surface area contributed by atoms with Crippen molar-refractivity contribution in [2.45, 2.75) is 271 Å². The SMILES string of the molecule is CC/C=C\C/C=C\C/C=C\C/C=C\C/C=C\C/C=C\C/C=C\CCCCCC(=O)OCC(COC(=O)CCCCCCC/C=C\CCCCCCC)OC(=O)CCCCCCC/C=C\CCCCCCC. The van der Waals surface area contributed by atoms with Crippen LogP contribution in [0.5, 0.6) is 0 Å². The van der Waals surface area contributed by atoms with Gasteiger partial charge in [-0.05, 0) is 128 Å². The minimum Gasteiger partial charge on any atom is -0.462 e. The van der Waals surface area contributed by atoms with Gasteiger partial charge in [-0.3, -0.25) is 14.4 Å². The van der Waals surface area contributed by atoms with Crippen LogP contribution in [0, 0.1) is 0 Å². The Morgan fingerprint density at radius 3 is 0.887 bits per heavy atom. The van der Waals surface area contributed by atoms with E-state index in [1.807, 2.05) is 0 Å². The van der Waals surface area contributed by atoms with E-state index in [1.165, 1.54) is 96.3 Å². The van der Waals surface area contributed by atoms with Crippen molar-refractivity contribution < 1.29 is 28.6 Å². The van der Waals surface area contributed by atoms with Crippen molar-refractivity contribution in [2.24, 2.45) is 0 Å². The van der Waals surface area contributed by atoms with Crippen molar-refractivity contribution in [1.82, 2.24) is 0 Å². The fourth-order valence-corrected chi connectivity index (χ4v) is 7.82. The summed E-state index contributed by atoms with van der Waals surface area (Å²) in [5, 5.41) is 0. The van der Waals surface area contributed by atoms with E-state index in [-0.39, 0.29) is 31.1 Å². The highest BCUT2D eigenvalue weighted by Crippen LogP contribution is 2.14. The standard InChI is InChI=1S/C65H108O6/c1-4-7-10-13-16-19-22-25-28-29-30-31-32-33-34-35-36-37-38-41-43-46-49-52-55-58-64(67)70-61-62(71-65(68)59-56-53-50-47-44-40-27-24-21-18-15-12-9-6-3)60-69-63(66)57-54-51-48-45-42-39-26-23-20-17-14-11-8-5-2/h7,10,16,19,23-28,30-31,33-34,36-37,41,43,62H,4-6,8-9,11-15,17-18,20-22,29,32,35,38-40,42,44-61H2,1-3H3/b10-7-,19-16-,26-23-,27-24-,28-25-,31-30-,34-33-,37-36-,43-41-. The molecule has 0 aliphatic heterocycles. The van der Waals surface area contributed by atoms with Crippen LogP contribution < -0.4 is 0 Å². The predicted octanol–water partition coefficient (Wildman–Crippen LogP) is 19.9. The van der Waals surface area contributed by atoms with Crippen LogP contribution in [0.3, 0.4) is 0 Å². The van der Waals surface area contributed by atoms with E-state index < -0.39 is 6.10 Å². The molecule has 6 heteroatoms. The monoisotopic (exact) mass is 985 g/mol. The van der Waals surface area contributed by atoms with Crippen LogP contribution in [0.1, 0.15) is 265 Å². The second-order valence-corrected chi connectivity index (χ2v) is 19.2. The van der Waals surface area contributed by atoms with Gasteiger partial charge in [-0.25, -0.2) is 0 Å². The number of hydrogen-bond donors (Lipinski definition) is 0. The highest BCUT2D eigenvalue weighted by molar-refractivity contribution is 5.71. The zero-order valence-electron chi connectivity index (χ0n) is 46.2. The highest BCUT2D eigenvalue weighted by Gasteiger charge is 2.19. The molecule has 0 aromatic heterocycles. The van der Waals surface area contributed by atoms with Gasteiger partial charge in [0.2, 0.25) is 0 Å². The molecule has 0 aromatic carbocycles. The number of carbonyl (C=O) groups is 3. The molecule has 0 aliphatic rings. The summed E-state index contributed by atoms with van der Waals surface area (Å²) < 4.78 is 16.8. The second kappa shape index (κ2) is 58.6. The molecular weight excluding hydrogens is 877 g/mol. The van der Waals surface area contributed by atoms with Crippen LogP contribution >= 0.6 is 0 Å². The molecule has 6 nitrogen and oxygen atoms in total. The number of carbonyl (C=O) groups excluding carboxylic acids is 3. The summed E-state index contributed by atoms with van der Waals surface area (Å²) in [5.41, 5.74) is 0. The average molecular weight is 986 g/mol. The third-order valence-electron chi connectivity index (χ3n) is 12.2. The quantitative estimate of drug-likeness (QED) is 0.0261. The molecule has 0 N–H and O–H groups in total. The first kappa shape index (κ1) is 67.1. The van der Waals surface area contributed by atoms with Gasteiger partial charge in [0.25, 0.3) is 0 Å². The summed E-state index contributed by atoms with van der Waals surface area (Å²) in [4.78, 5) is 38.1. The van der Waals surface area contributed by atoms with Crippen LogP contribution in [0.4, 0.5) is 0 Å². The van der Waals surface area contributed by atoms with Gasteiger partial charge in [0.05, 0.1) is 0 Å². The average Bonchev–Trinajstić information content (AvgIpc) is 3.37. The Morgan fingerprint density at radius 2 is 0.549 bits per heavy atom. The van der Waals surface area contributed by atoms with Gasteiger partial charge >= 0.3 is 17.9 Å². The van der Waals surface area contributed by atoms with Crippen molar-refractivity contribution in [1.29, 1.82) is 0 Å². The predicted molar refractivity (Wildman–Crippen MR) is 307 cm³/mol.